The number of carbonyl (C=O) groups excluding carboxylic acids is 2. The van der Waals surface area contributed by atoms with Gasteiger partial charge in [0.05, 0.1) is 6.42 Å². The van der Waals surface area contributed by atoms with E-state index in [2.05, 4.69) is 4.90 Å². The predicted octanol–water partition coefficient (Wildman–Crippen LogP) is 0.465. The molecule has 6 nitrogen and oxygen atoms in total. The minimum absolute atomic E-state index is 0.0408. The third-order valence-electron chi connectivity index (χ3n) is 3.92. The molecule has 106 valence electrons. The van der Waals surface area contributed by atoms with Gasteiger partial charge in [0.2, 0.25) is 11.8 Å². The number of carbonyl (C=O) groups is 3. The van der Waals surface area contributed by atoms with Crippen LogP contribution in [0.25, 0.3) is 0 Å². The Hall–Kier alpha value is -1.43. The van der Waals surface area contributed by atoms with Crippen molar-refractivity contribution in [2.75, 3.05) is 19.6 Å². The first-order chi connectivity index (χ1) is 9.08. The maximum absolute atomic E-state index is 11.5. The van der Waals surface area contributed by atoms with E-state index in [0.29, 0.717) is 25.9 Å². The quantitative estimate of drug-likeness (QED) is 0.733. The van der Waals surface area contributed by atoms with E-state index in [0.717, 1.165) is 25.8 Å². The van der Waals surface area contributed by atoms with Crippen molar-refractivity contribution in [1.29, 1.82) is 0 Å². The van der Waals surface area contributed by atoms with E-state index < -0.39 is 5.97 Å². The molecule has 0 saturated carbocycles. The third-order valence-corrected chi connectivity index (χ3v) is 3.92. The van der Waals surface area contributed by atoms with Gasteiger partial charge >= 0.3 is 5.97 Å². The van der Waals surface area contributed by atoms with Crippen LogP contribution in [0.3, 0.4) is 0 Å². The second kappa shape index (κ2) is 6.14. The smallest absolute Gasteiger partial charge is 0.304 e. The fourth-order valence-electron chi connectivity index (χ4n) is 2.89. The van der Waals surface area contributed by atoms with Crippen LogP contribution in [-0.4, -0.2) is 58.4 Å². The highest BCUT2D eigenvalue weighted by atomic mass is 16.4. The number of rotatable bonds is 5. The maximum atomic E-state index is 11.5. The molecular formula is C13H20N2O4. The molecular weight excluding hydrogens is 248 g/mol. The Labute approximate surface area is 112 Å². The normalized spacial score (nSPS) is 25.1. The number of carboxylic acid groups (broad SMARTS) is 1. The Morgan fingerprint density at radius 1 is 1.16 bits per heavy atom. The van der Waals surface area contributed by atoms with Crippen molar-refractivity contribution in [2.24, 2.45) is 0 Å². The van der Waals surface area contributed by atoms with E-state index in [1.165, 1.54) is 4.90 Å². The second-order valence-electron chi connectivity index (χ2n) is 5.22. The molecule has 2 saturated heterocycles. The van der Waals surface area contributed by atoms with Gasteiger partial charge in [-0.15, -0.1) is 0 Å². The van der Waals surface area contributed by atoms with Crippen molar-refractivity contribution in [1.82, 2.24) is 9.80 Å². The summed E-state index contributed by atoms with van der Waals surface area (Å²) in [6.07, 6.45) is 3.76. The minimum atomic E-state index is -0.787. The van der Waals surface area contributed by atoms with Crippen molar-refractivity contribution in [2.45, 2.75) is 44.6 Å². The lowest BCUT2D eigenvalue weighted by Gasteiger charge is -2.35. The Bertz CT molecular complexity index is 367. The van der Waals surface area contributed by atoms with Gasteiger partial charge in [0.15, 0.2) is 0 Å². The molecule has 2 amide bonds. The first kappa shape index (κ1) is 14.0. The summed E-state index contributed by atoms with van der Waals surface area (Å²) in [5.41, 5.74) is 0. The van der Waals surface area contributed by atoms with Crippen molar-refractivity contribution in [3.05, 3.63) is 0 Å². The maximum Gasteiger partial charge on any atom is 0.304 e. The van der Waals surface area contributed by atoms with Gasteiger partial charge in [-0.1, -0.05) is 6.42 Å². The molecule has 0 aromatic carbocycles. The summed E-state index contributed by atoms with van der Waals surface area (Å²) < 4.78 is 0. The topological polar surface area (TPSA) is 77.9 Å². The van der Waals surface area contributed by atoms with Gasteiger partial charge < -0.3 is 5.11 Å². The lowest BCUT2D eigenvalue weighted by molar-refractivity contribution is -0.141. The van der Waals surface area contributed by atoms with Gasteiger partial charge in [-0.3, -0.25) is 24.2 Å². The minimum Gasteiger partial charge on any atom is -0.481 e. The molecule has 0 aromatic rings. The number of amides is 2. The predicted molar refractivity (Wildman–Crippen MR) is 67.4 cm³/mol. The van der Waals surface area contributed by atoms with Crippen LogP contribution in [0.1, 0.15) is 38.5 Å². The van der Waals surface area contributed by atoms with Gasteiger partial charge in [0.25, 0.3) is 0 Å². The van der Waals surface area contributed by atoms with Gasteiger partial charge in [-0.05, 0) is 19.4 Å². The summed E-state index contributed by atoms with van der Waals surface area (Å²) in [5.74, 6) is -0.987. The molecule has 19 heavy (non-hydrogen) atoms. The third kappa shape index (κ3) is 3.53. The van der Waals surface area contributed by atoms with Crippen molar-refractivity contribution >= 4 is 17.8 Å². The molecule has 0 radical (unpaired) electrons. The first-order valence-electron chi connectivity index (χ1n) is 6.87. The lowest BCUT2D eigenvalue weighted by Crippen LogP contribution is -2.45. The number of nitrogens with zero attached hydrogens (tertiary/aromatic N) is 2. The van der Waals surface area contributed by atoms with E-state index in [-0.39, 0.29) is 24.3 Å². The lowest BCUT2D eigenvalue weighted by atomic mass is 9.99. The summed E-state index contributed by atoms with van der Waals surface area (Å²) >= 11 is 0. The van der Waals surface area contributed by atoms with Crippen molar-refractivity contribution < 1.29 is 19.5 Å². The molecule has 6 heteroatoms. The van der Waals surface area contributed by atoms with E-state index in [9.17, 15) is 14.4 Å². The first-order valence-corrected chi connectivity index (χ1v) is 6.87. The number of piperidine rings is 1. The zero-order chi connectivity index (χ0) is 13.8. The van der Waals surface area contributed by atoms with E-state index in [1.807, 2.05) is 0 Å². The van der Waals surface area contributed by atoms with Crippen LogP contribution >= 0.6 is 0 Å². The largest absolute Gasteiger partial charge is 0.481 e. The second-order valence-corrected chi connectivity index (χ2v) is 5.22. The van der Waals surface area contributed by atoms with Gasteiger partial charge in [-0.2, -0.15) is 0 Å². The SMILES string of the molecule is O=C(O)CC1CCCCN1CCN1C(=O)CCC1=O. The van der Waals surface area contributed by atoms with Crippen LogP contribution in [0.5, 0.6) is 0 Å². The summed E-state index contributed by atoms with van der Waals surface area (Å²) in [5, 5.41) is 8.90. The summed E-state index contributed by atoms with van der Waals surface area (Å²) in [7, 11) is 0. The Kier molecular flexibility index (Phi) is 4.52. The Morgan fingerprint density at radius 3 is 2.47 bits per heavy atom. The number of hydrogen-bond donors (Lipinski definition) is 1. The van der Waals surface area contributed by atoms with Gasteiger partial charge in [0.1, 0.15) is 0 Å². The standard InChI is InChI=1S/C13H20N2O4/c16-11-4-5-12(17)15(11)8-7-14-6-2-1-3-10(14)9-13(18)19/h10H,1-9H2,(H,18,19). The molecule has 2 heterocycles. The molecule has 1 unspecified atom stereocenters. The zero-order valence-electron chi connectivity index (χ0n) is 11.0. The fourth-order valence-corrected chi connectivity index (χ4v) is 2.89. The summed E-state index contributed by atoms with van der Waals surface area (Å²) in [6, 6.07) is 0.0408. The fraction of sp³-hybridized carbons (Fsp3) is 0.769. The monoisotopic (exact) mass is 268 g/mol. The Morgan fingerprint density at radius 2 is 1.84 bits per heavy atom. The van der Waals surface area contributed by atoms with Crippen LogP contribution in [0.15, 0.2) is 0 Å². The number of aliphatic carboxylic acids is 1. The molecule has 1 atom stereocenters. The number of likely N-dealkylation sites (tertiary alicyclic amines) is 2. The molecule has 0 aliphatic carbocycles. The average molecular weight is 268 g/mol. The van der Waals surface area contributed by atoms with Crippen LogP contribution in [-0.2, 0) is 14.4 Å². The number of hydrogen-bond acceptors (Lipinski definition) is 4. The summed E-state index contributed by atoms with van der Waals surface area (Å²) in [6.45, 7) is 1.84. The van der Waals surface area contributed by atoms with Gasteiger partial charge in [-0.25, -0.2) is 0 Å². The molecule has 2 rings (SSSR count). The van der Waals surface area contributed by atoms with Crippen LogP contribution in [0, 0.1) is 0 Å². The van der Waals surface area contributed by atoms with Gasteiger partial charge in [0, 0.05) is 32.0 Å². The van der Waals surface area contributed by atoms with Crippen molar-refractivity contribution in [3.8, 4) is 0 Å². The highest BCUT2D eigenvalue weighted by Crippen LogP contribution is 2.20. The highest BCUT2D eigenvalue weighted by Gasteiger charge is 2.30. The Balaban J connectivity index is 1.87. The molecule has 0 bridgehead atoms. The average Bonchev–Trinajstić information content (AvgIpc) is 2.68. The van der Waals surface area contributed by atoms with Crippen LogP contribution < -0.4 is 0 Å². The molecule has 1 N–H and O–H groups in total. The van der Waals surface area contributed by atoms with E-state index in [4.69, 9.17) is 5.11 Å². The molecule has 2 aliphatic heterocycles. The van der Waals surface area contributed by atoms with Crippen LogP contribution in [0.2, 0.25) is 0 Å². The zero-order valence-corrected chi connectivity index (χ0v) is 11.0. The molecule has 0 aromatic heterocycles. The number of imide groups is 1. The molecule has 0 spiro atoms. The van der Waals surface area contributed by atoms with Crippen LogP contribution in [0.4, 0.5) is 0 Å². The number of carboxylic acids is 1. The van der Waals surface area contributed by atoms with Crippen molar-refractivity contribution in [3.63, 3.8) is 0 Å². The highest BCUT2D eigenvalue weighted by molar-refractivity contribution is 6.01. The molecule has 2 aliphatic rings. The van der Waals surface area contributed by atoms with E-state index >= 15 is 0 Å². The van der Waals surface area contributed by atoms with E-state index in [1.54, 1.807) is 0 Å². The molecule has 2 fully saturated rings. The summed E-state index contributed by atoms with van der Waals surface area (Å²) in [4.78, 5) is 37.3.